The first-order chi connectivity index (χ1) is 15.4. The topological polar surface area (TPSA) is 159 Å². The smallest absolute Gasteiger partial charge is 0.220 e. The van der Waals surface area contributed by atoms with Crippen molar-refractivity contribution in [2.45, 2.75) is 38.1 Å². The summed E-state index contributed by atoms with van der Waals surface area (Å²) in [6.45, 7) is 8.04. The van der Waals surface area contributed by atoms with Gasteiger partial charge in [0.1, 0.15) is 0 Å². The Morgan fingerprint density at radius 3 is 1.53 bits per heavy atom. The van der Waals surface area contributed by atoms with E-state index in [9.17, 15) is 9.59 Å². The number of amides is 2. The Labute approximate surface area is 192 Å². The number of likely N-dealkylation sites (N-methyl/N-ethyl adjacent to an activating group) is 1. The molecule has 0 saturated heterocycles. The summed E-state index contributed by atoms with van der Waals surface area (Å²) in [7, 11) is 1.87. The fourth-order valence-corrected chi connectivity index (χ4v) is 2.53. The highest BCUT2D eigenvalue weighted by molar-refractivity contribution is 5.76. The number of hydrogen-bond donors (Lipinski definition) is 5. The molecule has 190 valence electrons. The van der Waals surface area contributed by atoms with Crippen LogP contribution in [0.3, 0.4) is 0 Å². The molecular weight excluding hydrogens is 418 g/mol. The minimum Gasteiger partial charge on any atom is -0.378 e. The van der Waals surface area contributed by atoms with Crippen molar-refractivity contribution in [2.24, 2.45) is 11.5 Å². The van der Waals surface area contributed by atoms with E-state index in [1.165, 1.54) is 0 Å². The normalized spacial score (nSPS) is 13.0. The van der Waals surface area contributed by atoms with Crippen LogP contribution in [0.5, 0.6) is 0 Å². The maximum absolute atomic E-state index is 12.0. The second-order valence-electron chi connectivity index (χ2n) is 7.70. The minimum absolute atomic E-state index is 0.0763. The first-order valence-electron chi connectivity index (χ1n) is 11.4. The SMILES string of the molecule is CNCCOCCOCCNC(=O)CCC(C)(N)CCC(=O)NCCOCCOCCN. The predicted octanol–water partition coefficient (Wildman–Crippen LogP) is -1.26. The van der Waals surface area contributed by atoms with Crippen LogP contribution in [0, 0.1) is 0 Å². The fourth-order valence-electron chi connectivity index (χ4n) is 2.53. The molecule has 0 spiro atoms. The summed E-state index contributed by atoms with van der Waals surface area (Å²) >= 11 is 0. The Hall–Kier alpha value is -1.34. The van der Waals surface area contributed by atoms with E-state index in [2.05, 4.69) is 16.0 Å². The Kier molecular flexibility index (Phi) is 20.6. The zero-order chi connectivity index (χ0) is 23.9. The molecule has 2 amide bonds. The van der Waals surface area contributed by atoms with Crippen LogP contribution in [0.1, 0.15) is 32.6 Å². The molecule has 0 rings (SSSR count). The van der Waals surface area contributed by atoms with Crippen molar-refractivity contribution < 1.29 is 28.5 Å². The van der Waals surface area contributed by atoms with Crippen LogP contribution in [0.2, 0.25) is 0 Å². The lowest BCUT2D eigenvalue weighted by Gasteiger charge is -2.24. The lowest BCUT2D eigenvalue weighted by atomic mass is 9.91. The molecule has 0 aromatic carbocycles. The molecule has 11 nitrogen and oxygen atoms in total. The van der Waals surface area contributed by atoms with E-state index < -0.39 is 5.54 Å². The molecule has 0 aliphatic rings. The summed E-state index contributed by atoms with van der Waals surface area (Å²) < 4.78 is 21.3. The maximum atomic E-state index is 12.0. The van der Waals surface area contributed by atoms with Crippen LogP contribution in [0.15, 0.2) is 0 Å². The van der Waals surface area contributed by atoms with Crippen LogP contribution in [-0.2, 0) is 28.5 Å². The third-order valence-electron chi connectivity index (χ3n) is 4.49. The monoisotopic (exact) mass is 463 g/mol. The largest absolute Gasteiger partial charge is 0.378 e. The zero-order valence-electron chi connectivity index (χ0n) is 19.9. The van der Waals surface area contributed by atoms with Crippen molar-refractivity contribution in [3.8, 4) is 0 Å². The summed E-state index contributed by atoms with van der Waals surface area (Å²) in [5.41, 5.74) is 11.0. The summed E-state index contributed by atoms with van der Waals surface area (Å²) in [6, 6.07) is 0. The highest BCUT2D eigenvalue weighted by Gasteiger charge is 2.21. The van der Waals surface area contributed by atoms with Crippen LogP contribution < -0.4 is 27.4 Å². The molecule has 0 aromatic rings. The van der Waals surface area contributed by atoms with Gasteiger partial charge in [-0.15, -0.1) is 0 Å². The lowest BCUT2D eigenvalue weighted by Crippen LogP contribution is -2.40. The molecule has 0 heterocycles. The van der Waals surface area contributed by atoms with Crippen molar-refractivity contribution in [1.29, 1.82) is 0 Å². The summed E-state index contributed by atoms with van der Waals surface area (Å²) in [4.78, 5) is 23.9. The first kappa shape index (κ1) is 30.7. The first-order valence-corrected chi connectivity index (χ1v) is 11.4. The van der Waals surface area contributed by atoms with Gasteiger partial charge in [-0.05, 0) is 26.8 Å². The lowest BCUT2D eigenvalue weighted by molar-refractivity contribution is -0.121. The minimum atomic E-state index is -0.591. The van der Waals surface area contributed by atoms with E-state index in [1.807, 2.05) is 14.0 Å². The van der Waals surface area contributed by atoms with E-state index in [0.717, 1.165) is 6.54 Å². The quantitative estimate of drug-likeness (QED) is 0.117. The Morgan fingerprint density at radius 2 is 1.12 bits per heavy atom. The van der Waals surface area contributed by atoms with Crippen LogP contribution in [0.4, 0.5) is 0 Å². The molecule has 0 aliphatic carbocycles. The van der Waals surface area contributed by atoms with Gasteiger partial charge in [0.2, 0.25) is 11.8 Å². The fraction of sp³-hybridized carbons (Fsp3) is 0.905. The Morgan fingerprint density at radius 1 is 0.719 bits per heavy atom. The highest BCUT2D eigenvalue weighted by atomic mass is 16.5. The Balaban J connectivity index is 3.63. The molecule has 0 aliphatic heterocycles. The molecule has 0 radical (unpaired) electrons. The zero-order valence-corrected chi connectivity index (χ0v) is 19.9. The molecule has 32 heavy (non-hydrogen) atoms. The Bertz CT molecular complexity index is 468. The molecule has 11 heteroatoms. The molecular formula is C21H45N5O6. The van der Waals surface area contributed by atoms with E-state index in [0.29, 0.717) is 98.2 Å². The molecule has 7 N–H and O–H groups in total. The molecule has 1 unspecified atom stereocenters. The number of carbonyl (C=O) groups excluding carboxylic acids is 2. The van der Waals surface area contributed by atoms with Crippen molar-refractivity contribution in [1.82, 2.24) is 16.0 Å². The van der Waals surface area contributed by atoms with Gasteiger partial charge >= 0.3 is 0 Å². The molecule has 0 bridgehead atoms. The van der Waals surface area contributed by atoms with Gasteiger partial charge in [0.05, 0.1) is 52.9 Å². The van der Waals surface area contributed by atoms with E-state index >= 15 is 0 Å². The molecule has 0 fully saturated rings. The van der Waals surface area contributed by atoms with Crippen molar-refractivity contribution >= 4 is 11.8 Å². The summed E-state index contributed by atoms with van der Waals surface area (Å²) in [5, 5.41) is 8.60. The van der Waals surface area contributed by atoms with Gasteiger partial charge < -0.3 is 46.4 Å². The average Bonchev–Trinajstić information content (AvgIpc) is 2.77. The number of carbonyl (C=O) groups is 2. The van der Waals surface area contributed by atoms with Gasteiger partial charge in [-0.2, -0.15) is 0 Å². The summed E-state index contributed by atoms with van der Waals surface area (Å²) in [6.07, 6.45) is 1.61. The van der Waals surface area contributed by atoms with Gasteiger partial charge in [-0.3, -0.25) is 9.59 Å². The second-order valence-corrected chi connectivity index (χ2v) is 7.70. The third-order valence-corrected chi connectivity index (χ3v) is 4.49. The highest BCUT2D eigenvalue weighted by Crippen LogP contribution is 2.15. The third kappa shape index (κ3) is 21.9. The van der Waals surface area contributed by atoms with E-state index in [-0.39, 0.29) is 11.8 Å². The van der Waals surface area contributed by atoms with Crippen molar-refractivity contribution in [2.75, 3.05) is 86.1 Å². The number of nitrogens with one attached hydrogen (secondary N) is 3. The number of ether oxygens (including phenoxy) is 4. The second kappa shape index (κ2) is 21.5. The van der Waals surface area contributed by atoms with Gasteiger partial charge in [-0.25, -0.2) is 0 Å². The predicted molar refractivity (Wildman–Crippen MR) is 123 cm³/mol. The maximum Gasteiger partial charge on any atom is 0.220 e. The van der Waals surface area contributed by atoms with E-state index in [1.54, 1.807) is 0 Å². The number of hydrogen-bond acceptors (Lipinski definition) is 9. The average molecular weight is 464 g/mol. The standard InChI is InChI=1S/C21H45N5O6/c1-21(23,5-3-19(27)25-9-13-31-16-15-29-11-7-22)6-4-20(28)26-10-14-32-18-17-30-12-8-24-2/h24H,3-18,22-23H2,1-2H3,(H,25,27)(H,26,28). The van der Waals surface area contributed by atoms with Crippen molar-refractivity contribution in [3.63, 3.8) is 0 Å². The van der Waals surface area contributed by atoms with Gasteiger partial charge in [0, 0.05) is 44.6 Å². The van der Waals surface area contributed by atoms with Gasteiger partial charge in [-0.1, -0.05) is 0 Å². The van der Waals surface area contributed by atoms with Gasteiger partial charge in [0.25, 0.3) is 0 Å². The summed E-state index contributed by atoms with van der Waals surface area (Å²) in [5.74, 6) is -0.159. The van der Waals surface area contributed by atoms with Gasteiger partial charge in [0.15, 0.2) is 0 Å². The molecule has 0 aromatic heterocycles. The molecule has 0 saturated carbocycles. The van der Waals surface area contributed by atoms with Crippen LogP contribution >= 0.6 is 0 Å². The van der Waals surface area contributed by atoms with Crippen molar-refractivity contribution in [3.05, 3.63) is 0 Å². The van der Waals surface area contributed by atoms with Crippen LogP contribution in [0.25, 0.3) is 0 Å². The van der Waals surface area contributed by atoms with E-state index in [4.69, 9.17) is 30.4 Å². The number of rotatable bonds is 23. The van der Waals surface area contributed by atoms with Crippen LogP contribution in [-0.4, -0.2) is 103 Å². The number of nitrogens with two attached hydrogens (primary N) is 2. The molecule has 1 atom stereocenters.